The van der Waals surface area contributed by atoms with E-state index in [1.54, 1.807) is 0 Å². The Bertz CT molecular complexity index is 770. The van der Waals surface area contributed by atoms with Crippen LogP contribution < -0.4 is 15.4 Å². The van der Waals surface area contributed by atoms with Gasteiger partial charge in [0.15, 0.2) is 0 Å². The summed E-state index contributed by atoms with van der Waals surface area (Å²) >= 11 is 0. The molecule has 27 heavy (non-hydrogen) atoms. The number of nitrogens with zero attached hydrogens (tertiary/aromatic N) is 1. The second-order valence-corrected chi connectivity index (χ2v) is 6.35. The quantitative estimate of drug-likeness (QED) is 0.672. The van der Waals surface area contributed by atoms with E-state index in [9.17, 15) is 18.0 Å². The molecule has 0 spiro atoms. The molecule has 0 radical (unpaired) electrons. The monoisotopic (exact) mass is 382 g/mol. The van der Waals surface area contributed by atoms with Crippen molar-refractivity contribution in [3.05, 3.63) is 47.3 Å². The third-order valence-corrected chi connectivity index (χ3v) is 4.48. The first-order valence-electron chi connectivity index (χ1n) is 8.77. The Morgan fingerprint density at radius 3 is 2.81 bits per heavy atom. The van der Waals surface area contributed by atoms with E-state index in [1.807, 2.05) is 0 Å². The molecule has 146 valence electrons. The molecule has 1 aromatic heterocycles. The minimum Gasteiger partial charge on any atom is -0.492 e. The lowest BCUT2D eigenvalue weighted by Crippen LogP contribution is -2.31. The van der Waals surface area contributed by atoms with E-state index in [1.165, 1.54) is 18.3 Å². The molecule has 2 aromatic rings. The molecule has 9 heteroatoms. The van der Waals surface area contributed by atoms with Crippen LogP contribution in [0.1, 0.15) is 40.4 Å². The van der Waals surface area contributed by atoms with Crippen LogP contribution in [0.2, 0.25) is 0 Å². The van der Waals surface area contributed by atoms with E-state index in [4.69, 9.17) is 4.74 Å². The van der Waals surface area contributed by atoms with Gasteiger partial charge in [0.05, 0.1) is 29.6 Å². The molecule has 1 amide bonds. The summed E-state index contributed by atoms with van der Waals surface area (Å²) in [6, 6.07) is 4.65. The highest BCUT2D eigenvalue weighted by atomic mass is 19.4. The van der Waals surface area contributed by atoms with Crippen LogP contribution in [-0.4, -0.2) is 42.3 Å². The van der Waals surface area contributed by atoms with Crippen LogP contribution in [0.3, 0.4) is 0 Å². The Morgan fingerprint density at radius 2 is 2.07 bits per heavy atom. The number of carbonyl (C=O) groups is 1. The smallest absolute Gasteiger partial charge is 0.416 e. The zero-order valence-corrected chi connectivity index (χ0v) is 14.6. The molecule has 0 saturated carbocycles. The SMILES string of the molecule is O=C(NCCOc1cccc(C(F)(F)F)c1)c1cn[nH]c1C1CCNCC1. The van der Waals surface area contributed by atoms with Crippen LogP contribution in [0.15, 0.2) is 30.5 Å². The molecular weight excluding hydrogens is 361 g/mol. The van der Waals surface area contributed by atoms with Gasteiger partial charge in [0.2, 0.25) is 0 Å². The molecule has 2 heterocycles. The highest BCUT2D eigenvalue weighted by Crippen LogP contribution is 2.31. The lowest BCUT2D eigenvalue weighted by Gasteiger charge is -2.22. The largest absolute Gasteiger partial charge is 0.492 e. The van der Waals surface area contributed by atoms with Gasteiger partial charge in [0.1, 0.15) is 12.4 Å². The Kier molecular flexibility index (Phi) is 6.00. The lowest BCUT2D eigenvalue weighted by molar-refractivity contribution is -0.137. The van der Waals surface area contributed by atoms with E-state index in [2.05, 4.69) is 20.8 Å². The van der Waals surface area contributed by atoms with E-state index in [-0.39, 0.29) is 30.7 Å². The fourth-order valence-corrected chi connectivity index (χ4v) is 3.09. The highest BCUT2D eigenvalue weighted by molar-refractivity contribution is 5.95. The zero-order chi connectivity index (χ0) is 19.3. The summed E-state index contributed by atoms with van der Waals surface area (Å²) < 4.78 is 43.4. The number of piperidine rings is 1. The third kappa shape index (κ3) is 5.00. The van der Waals surface area contributed by atoms with Gasteiger partial charge in [-0.05, 0) is 44.1 Å². The summed E-state index contributed by atoms with van der Waals surface area (Å²) in [5.41, 5.74) is 0.558. The van der Waals surface area contributed by atoms with Crippen LogP contribution in [0.5, 0.6) is 5.75 Å². The van der Waals surface area contributed by atoms with Crippen molar-refractivity contribution >= 4 is 5.91 Å². The summed E-state index contributed by atoms with van der Waals surface area (Å²) in [5.74, 6) is 0.0959. The predicted molar refractivity (Wildman–Crippen MR) is 92.7 cm³/mol. The highest BCUT2D eigenvalue weighted by Gasteiger charge is 2.30. The summed E-state index contributed by atoms with van der Waals surface area (Å²) in [6.07, 6.45) is -1.05. The maximum absolute atomic E-state index is 12.7. The van der Waals surface area contributed by atoms with Gasteiger partial charge in [-0.1, -0.05) is 6.07 Å². The fraction of sp³-hybridized carbons (Fsp3) is 0.444. The summed E-state index contributed by atoms with van der Waals surface area (Å²) in [4.78, 5) is 12.4. The van der Waals surface area contributed by atoms with Crippen molar-refractivity contribution in [3.63, 3.8) is 0 Å². The molecule has 0 atom stereocenters. The molecule has 1 saturated heterocycles. The van der Waals surface area contributed by atoms with Gasteiger partial charge in [-0.3, -0.25) is 9.89 Å². The average molecular weight is 382 g/mol. The van der Waals surface area contributed by atoms with Gasteiger partial charge in [0.25, 0.3) is 5.91 Å². The predicted octanol–water partition coefficient (Wildman–Crippen LogP) is 2.70. The maximum Gasteiger partial charge on any atom is 0.416 e. The molecular formula is C18H21F3N4O2. The van der Waals surface area contributed by atoms with E-state index in [0.717, 1.165) is 43.8 Å². The van der Waals surface area contributed by atoms with Crippen molar-refractivity contribution in [2.45, 2.75) is 24.9 Å². The van der Waals surface area contributed by atoms with Crippen LogP contribution in [0.4, 0.5) is 13.2 Å². The van der Waals surface area contributed by atoms with Gasteiger partial charge in [-0.15, -0.1) is 0 Å². The first-order valence-corrected chi connectivity index (χ1v) is 8.77. The molecule has 0 unspecified atom stereocenters. The maximum atomic E-state index is 12.7. The Balaban J connectivity index is 1.50. The summed E-state index contributed by atoms with van der Waals surface area (Å²) in [6.45, 7) is 2.03. The van der Waals surface area contributed by atoms with E-state index < -0.39 is 11.7 Å². The number of aromatic nitrogens is 2. The molecule has 6 nitrogen and oxygen atoms in total. The number of hydrogen-bond donors (Lipinski definition) is 3. The lowest BCUT2D eigenvalue weighted by atomic mass is 9.92. The molecule has 3 rings (SSSR count). The summed E-state index contributed by atoms with van der Waals surface area (Å²) in [7, 11) is 0. The molecule has 1 fully saturated rings. The number of H-pyrrole nitrogens is 1. The zero-order valence-electron chi connectivity index (χ0n) is 14.6. The first-order chi connectivity index (χ1) is 12.9. The van der Waals surface area contributed by atoms with Crippen molar-refractivity contribution in [1.82, 2.24) is 20.8 Å². The number of alkyl halides is 3. The standard InChI is InChI=1S/C18H21F3N4O2/c19-18(20,21)13-2-1-3-14(10-13)27-9-8-23-17(26)15-11-24-25-16(15)12-4-6-22-7-5-12/h1-3,10-12,22H,4-9H2,(H,23,26)(H,24,25). The van der Waals surface area contributed by atoms with Gasteiger partial charge in [-0.25, -0.2) is 0 Å². The van der Waals surface area contributed by atoms with Gasteiger partial charge in [0, 0.05) is 5.92 Å². The Hall–Kier alpha value is -2.55. The van der Waals surface area contributed by atoms with Crippen LogP contribution >= 0.6 is 0 Å². The molecule has 0 bridgehead atoms. The second kappa shape index (κ2) is 8.43. The van der Waals surface area contributed by atoms with Gasteiger partial charge < -0.3 is 15.4 Å². The van der Waals surface area contributed by atoms with Crippen molar-refractivity contribution in [3.8, 4) is 5.75 Å². The topological polar surface area (TPSA) is 79.0 Å². The van der Waals surface area contributed by atoms with Crippen LogP contribution in [0.25, 0.3) is 0 Å². The van der Waals surface area contributed by atoms with Crippen molar-refractivity contribution in [2.24, 2.45) is 0 Å². The number of carbonyl (C=O) groups excluding carboxylic acids is 1. The summed E-state index contributed by atoms with van der Waals surface area (Å²) in [5, 5.41) is 12.9. The van der Waals surface area contributed by atoms with Crippen molar-refractivity contribution in [2.75, 3.05) is 26.2 Å². The number of nitrogens with one attached hydrogen (secondary N) is 3. The van der Waals surface area contributed by atoms with E-state index in [0.29, 0.717) is 5.56 Å². The van der Waals surface area contributed by atoms with Gasteiger partial charge in [-0.2, -0.15) is 18.3 Å². The Labute approximate surface area is 154 Å². The number of benzene rings is 1. The number of halogens is 3. The van der Waals surface area contributed by atoms with Crippen molar-refractivity contribution < 1.29 is 22.7 Å². The molecule has 3 N–H and O–H groups in total. The van der Waals surface area contributed by atoms with Gasteiger partial charge >= 0.3 is 6.18 Å². The number of aromatic amines is 1. The average Bonchev–Trinajstić information content (AvgIpc) is 3.15. The van der Waals surface area contributed by atoms with E-state index >= 15 is 0 Å². The third-order valence-electron chi connectivity index (χ3n) is 4.48. The molecule has 1 aliphatic rings. The number of rotatable bonds is 6. The minimum absolute atomic E-state index is 0.0631. The van der Waals surface area contributed by atoms with Crippen LogP contribution in [-0.2, 0) is 6.18 Å². The Morgan fingerprint density at radius 1 is 1.30 bits per heavy atom. The fourth-order valence-electron chi connectivity index (χ4n) is 3.09. The van der Waals surface area contributed by atoms with Crippen molar-refractivity contribution in [1.29, 1.82) is 0 Å². The number of hydrogen-bond acceptors (Lipinski definition) is 4. The molecule has 0 aliphatic carbocycles. The molecule has 1 aromatic carbocycles. The van der Waals surface area contributed by atoms with Crippen LogP contribution in [0, 0.1) is 0 Å². The number of ether oxygens (including phenoxy) is 1. The minimum atomic E-state index is -4.42. The molecule has 1 aliphatic heterocycles. The second-order valence-electron chi connectivity index (χ2n) is 6.35. The number of amides is 1. The first kappa shape index (κ1) is 19.2. The normalized spacial score (nSPS) is 15.5.